The SMILES string of the molecule is CCCCC\C=C/C=C\C=C/C=C\CCCCCCCC(=O)OCC(COC(=O)CCCCCCC/C=C\C=C/CCCCCCCCC)OC(=O)CCCCCCC/C=C\C=C/CCCCCCCCC. The van der Waals surface area contributed by atoms with E-state index in [1.807, 2.05) is 0 Å². The van der Waals surface area contributed by atoms with E-state index in [2.05, 4.69) is 118 Å². The van der Waals surface area contributed by atoms with Crippen LogP contribution in [0.2, 0.25) is 0 Å². The largest absolute Gasteiger partial charge is 0.462 e. The van der Waals surface area contributed by atoms with Crippen molar-refractivity contribution in [2.45, 2.75) is 290 Å². The number of esters is 3. The van der Waals surface area contributed by atoms with Crippen LogP contribution in [0, 0.1) is 0 Å². The van der Waals surface area contributed by atoms with Crippen LogP contribution in [0.5, 0.6) is 0 Å². The molecule has 72 heavy (non-hydrogen) atoms. The van der Waals surface area contributed by atoms with E-state index >= 15 is 0 Å². The highest BCUT2D eigenvalue weighted by atomic mass is 16.6. The minimum Gasteiger partial charge on any atom is -0.462 e. The van der Waals surface area contributed by atoms with Gasteiger partial charge in [0.25, 0.3) is 0 Å². The third kappa shape index (κ3) is 57.2. The number of ether oxygens (including phenoxy) is 3. The molecule has 0 aliphatic rings. The van der Waals surface area contributed by atoms with Crippen LogP contribution in [0.4, 0.5) is 0 Å². The summed E-state index contributed by atoms with van der Waals surface area (Å²) in [5.74, 6) is -0.946. The molecule has 0 aromatic rings. The monoisotopic (exact) mass is 1000 g/mol. The molecule has 0 aromatic carbocycles. The molecule has 0 heterocycles. The third-order valence-corrected chi connectivity index (χ3v) is 12.9. The highest BCUT2D eigenvalue weighted by molar-refractivity contribution is 5.71. The molecule has 412 valence electrons. The van der Waals surface area contributed by atoms with E-state index in [0.717, 1.165) is 122 Å². The number of unbranched alkanes of at least 4 members (excludes halogenated alkanes) is 32. The van der Waals surface area contributed by atoms with Crippen LogP contribution < -0.4 is 0 Å². The highest BCUT2D eigenvalue weighted by Gasteiger charge is 2.19. The second-order valence-corrected chi connectivity index (χ2v) is 20.1. The van der Waals surface area contributed by atoms with E-state index in [-0.39, 0.29) is 31.1 Å². The van der Waals surface area contributed by atoms with Crippen molar-refractivity contribution in [2.24, 2.45) is 0 Å². The summed E-state index contributed by atoms with van der Waals surface area (Å²) in [4.78, 5) is 38.2. The summed E-state index contributed by atoms with van der Waals surface area (Å²) in [6.07, 6.45) is 79.6. The number of carbonyl (C=O) groups excluding carboxylic acids is 3. The molecule has 0 radical (unpaired) electrons. The van der Waals surface area contributed by atoms with Crippen molar-refractivity contribution in [1.82, 2.24) is 0 Å². The zero-order valence-electron chi connectivity index (χ0n) is 47.2. The minimum absolute atomic E-state index is 0.100. The predicted molar refractivity (Wildman–Crippen MR) is 311 cm³/mol. The van der Waals surface area contributed by atoms with Gasteiger partial charge in [0.15, 0.2) is 6.10 Å². The van der Waals surface area contributed by atoms with Crippen molar-refractivity contribution >= 4 is 17.9 Å². The van der Waals surface area contributed by atoms with Crippen LogP contribution in [0.1, 0.15) is 284 Å². The van der Waals surface area contributed by atoms with Crippen LogP contribution in [-0.2, 0) is 28.6 Å². The first-order valence-corrected chi connectivity index (χ1v) is 30.3. The van der Waals surface area contributed by atoms with Gasteiger partial charge in [0.2, 0.25) is 0 Å². The molecule has 0 spiro atoms. The maximum atomic E-state index is 12.9. The number of hydrogen-bond acceptors (Lipinski definition) is 6. The Morgan fingerprint density at radius 1 is 0.278 bits per heavy atom. The molecule has 0 aliphatic carbocycles. The molecule has 0 saturated heterocycles. The predicted octanol–water partition coefficient (Wildman–Crippen LogP) is 20.5. The lowest BCUT2D eigenvalue weighted by Crippen LogP contribution is -2.30. The van der Waals surface area contributed by atoms with Gasteiger partial charge >= 0.3 is 17.9 Å². The molecule has 0 bridgehead atoms. The summed E-state index contributed by atoms with van der Waals surface area (Å²) in [5.41, 5.74) is 0. The number of carbonyl (C=O) groups is 3. The molecule has 1 atom stereocenters. The molecular formula is C66H112O6. The van der Waals surface area contributed by atoms with Crippen molar-refractivity contribution in [1.29, 1.82) is 0 Å². The van der Waals surface area contributed by atoms with Gasteiger partial charge in [-0.3, -0.25) is 14.4 Å². The lowest BCUT2D eigenvalue weighted by molar-refractivity contribution is -0.167. The Hall–Kier alpha value is -3.67. The Morgan fingerprint density at radius 2 is 0.500 bits per heavy atom. The molecule has 0 fully saturated rings. The molecule has 0 aromatic heterocycles. The fourth-order valence-electron chi connectivity index (χ4n) is 8.32. The van der Waals surface area contributed by atoms with Gasteiger partial charge in [0, 0.05) is 19.3 Å². The Kier molecular flexibility index (Phi) is 56.8. The maximum Gasteiger partial charge on any atom is 0.306 e. The van der Waals surface area contributed by atoms with Crippen LogP contribution in [0.3, 0.4) is 0 Å². The number of allylic oxidation sites excluding steroid dienone is 16. The Bertz CT molecular complexity index is 1430. The van der Waals surface area contributed by atoms with Gasteiger partial charge in [-0.15, -0.1) is 0 Å². The van der Waals surface area contributed by atoms with Crippen LogP contribution in [0.15, 0.2) is 97.2 Å². The molecule has 6 heteroatoms. The molecule has 0 saturated carbocycles. The second kappa shape index (κ2) is 59.9. The number of rotatable bonds is 54. The standard InChI is InChI=1S/C66H112O6/c1-4-7-10-13-16-19-22-25-28-31-34-37-40-43-46-49-52-55-58-64(67)70-61-63(72-66(69)60-57-54-51-48-45-42-39-36-33-30-27-24-21-18-15-12-9-6-3)62-71-65(68)59-56-53-50-47-44-41-38-35-32-29-26-23-20-17-14-11-8-5-2/h16,19,22,25,28-39,63H,4-15,17-18,20-21,23-24,26-27,40-62H2,1-3H3/b19-16-,25-22-,31-28-,32-29-,33-30-,37-34-,38-35-,39-36-. The average Bonchev–Trinajstić information content (AvgIpc) is 3.38. The van der Waals surface area contributed by atoms with Gasteiger partial charge in [-0.25, -0.2) is 0 Å². The van der Waals surface area contributed by atoms with E-state index in [1.165, 1.54) is 122 Å². The van der Waals surface area contributed by atoms with Gasteiger partial charge in [-0.05, 0) is 96.3 Å². The van der Waals surface area contributed by atoms with Gasteiger partial charge in [-0.1, -0.05) is 266 Å². The molecule has 0 N–H and O–H groups in total. The van der Waals surface area contributed by atoms with E-state index in [9.17, 15) is 14.4 Å². The Morgan fingerprint density at radius 3 is 0.819 bits per heavy atom. The second-order valence-electron chi connectivity index (χ2n) is 20.1. The summed E-state index contributed by atoms with van der Waals surface area (Å²) in [6, 6.07) is 0. The summed E-state index contributed by atoms with van der Waals surface area (Å²) in [7, 11) is 0. The first kappa shape index (κ1) is 68.3. The zero-order chi connectivity index (χ0) is 52.2. The van der Waals surface area contributed by atoms with Crippen molar-refractivity contribution < 1.29 is 28.6 Å². The van der Waals surface area contributed by atoms with Crippen molar-refractivity contribution in [2.75, 3.05) is 13.2 Å². The maximum absolute atomic E-state index is 12.9. The molecule has 0 rings (SSSR count). The zero-order valence-corrected chi connectivity index (χ0v) is 47.2. The molecule has 1 unspecified atom stereocenters. The molecular weight excluding hydrogens is 889 g/mol. The van der Waals surface area contributed by atoms with E-state index in [1.54, 1.807) is 0 Å². The van der Waals surface area contributed by atoms with Gasteiger partial charge < -0.3 is 14.2 Å². The molecule has 6 nitrogen and oxygen atoms in total. The summed E-state index contributed by atoms with van der Waals surface area (Å²) in [6.45, 7) is 6.56. The summed E-state index contributed by atoms with van der Waals surface area (Å²) >= 11 is 0. The van der Waals surface area contributed by atoms with E-state index < -0.39 is 6.10 Å². The first-order valence-electron chi connectivity index (χ1n) is 30.3. The van der Waals surface area contributed by atoms with E-state index in [0.29, 0.717) is 19.3 Å². The quantitative estimate of drug-likeness (QED) is 0.0261. The van der Waals surface area contributed by atoms with Crippen molar-refractivity contribution in [3.05, 3.63) is 97.2 Å². The first-order chi connectivity index (χ1) is 35.5. The van der Waals surface area contributed by atoms with E-state index in [4.69, 9.17) is 14.2 Å². The number of hydrogen-bond donors (Lipinski definition) is 0. The highest BCUT2D eigenvalue weighted by Crippen LogP contribution is 2.14. The summed E-state index contributed by atoms with van der Waals surface area (Å²) < 4.78 is 16.9. The lowest BCUT2D eigenvalue weighted by Gasteiger charge is -2.18. The van der Waals surface area contributed by atoms with Gasteiger partial charge in [0.1, 0.15) is 13.2 Å². The topological polar surface area (TPSA) is 78.9 Å². The lowest BCUT2D eigenvalue weighted by atomic mass is 10.1. The summed E-state index contributed by atoms with van der Waals surface area (Å²) in [5, 5.41) is 0. The Labute approximate surface area is 445 Å². The van der Waals surface area contributed by atoms with Crippen LogP contribution in [0.25, 0.3) is 0 Å². The smallest absolute Gasteiger partial charge is 0.306 e. The third-order valence-electron chi connectivity index (χ3n) is 12.9. The molecule has 0 aliphatic heterocycles. The fraction of sp³-hybridized carbons (Fsp3) is 0.712. The fourth-order valence-corrected chi connectivity index (χ4v) is 8.32. The van der Waals surface area contributed by atoms with Crippen molar-refractivity contribution in [3.8, 4) is 0 Å². The molecule has 0 amide bonds. The Balaban J connectivity index is 4.50. The van der Waals surface area contributed by atoms with Crippen LogP contribution in [-0.4, -0.2) is 37.2 Å². The van der Waals surface area contributed by atoms with Gasteiger partial charge in [0.05, 0.1) is 0 Å². The van der Waals surface area contributed by atoms with Crippen molar-refractivity contribution in [3.63, 3.8) is 0 Å². The minimum atomic E-state index is -0.805. The van der Waals surface area contributed by atoms with Crippen LogP contribution >= 0.6 is 0 Å². The average molecular weight is 1000 g/mol. The normalized spacial score (nSPS) is 12.8. The van der Waals surface area contributed by atoms with Gasteiger partial charge in [-0.2, -0.15) is 0 Å².